The number of phenols is 1. The first-order chi connectivity index (χ1) is 67.1. The number of carboxylic acids is 1. The topological polar surface area (TPSA) is 820 Å². The minimum atomic E-state index is -2.04. The lowest BCUT2D eigenvalue weighted by Crippen LogP contribution is -2.63. The molecule has 9 aromatic rings. The number of hydrogen-bond acceptors (Lipinski definition) is 27. The smallest absolute Gasteiger partial charge is 0.326 e. The van der Waals surface area contributed by atoms with Crippen LogP contribution in [0.1, 0.15) is 118 Å². The fourth-order valence-corrected chi connectivity index (χ4v) is 14.8. The van der Waals surface area contributed by atoms with Gasteiger partial charge < -0.3 is 148 Å². The maximum atomic E-state index is 15.4. The van der Waals surface area contributed by atoms with Crippen molar-refractivity contribution in [3.63, 3.8) is 0 Å². The monoisotopic (exact) mass is 1960 g/mol. The van der Waals surface area contributed by atoms with Crippen molar-refractivity contribution in [3.05, 3.63) is 193 Å². The molecule has 0 aliphatic rings. The Balaban J connectivity index is 0.935. The van der Waals surface area contributed by atoms with Crippen LogP contribution in [0.15, 0.2) is 148 Å². The van der Waals surface area contributed by atoms with Gasteiger partial charge in [-0.2, -0.15) is 0 Å². The molecular formula is C90H117N29O22. The number of para-hydroxylation sites is 1. The van der Waals surface area contributed by atoms with Crippen LogP contribution < -0.4 is 97.4 Å². The van der Waals surface area contributed by atoms with E-state index in [4.69, 9.17) is 22.9 Å². The van der Waals surface area contributed by atoms with E-state index in [9.17, 15) is 82.8 Å². The maximum absolute atomic E-state index is 15.4. The molecule has 0 aliphatic carbocycles. The summed E-state index contributed by atoms with van der Waals surface area (Å²) < 4.78 is 0. The van der Waals surface area contributed by atoms with Crippen molar-refractivity contribution in [3.8, 4) is 5.75 Å². The molecular weight excluding hydrogens is 1840 g/mol. The fraction of sp³-hybridized carbons (Fsp3) is 0.411. The number of nitrogens with zero attached hydrogens (tertiary/aromatic N) is 5. The summed E-state index contributed by atoms with van der Waals surface area (Å²) in [6, 6.07) is -5.03. The van der Waals surface area contributed by atoms with E-state index < -0.39 is 267 Å². The first kappa shape index (κ1) is 108. The number of aromatic amines is 6. The second kappa shape index (κ2) is 52.6. The Morgan fingerprint density at radius 3 is 0.986 bits per heavy atom. The summed E-state index contributed by atoms with van der Waals surface area (Å²) in [4.78, 5) is 292. The molecule has 51 nitrogen and oxygen atoms in total. The van der Waals surface area contributed by atoms with E-state index in [1.165, 1.54) is 93.8 Å². The van der Waals surface area contributed by atoms with Gasteiger partial charge in [0.1, 0.15) is 90.3 Å². The van der Waals surface area contributed by atoms with Gasteiger partial charge >= 0.3 is 5.97 Å². The van der Waals surface area contributed by atoms with Gasteiger partial charge in [-0.1, -0.05) is 74.5 Å². The molecule has 0 aliphatic heterocycles. The van der Waals surface area contributed by atoms with Crippen molar-refractivity contribution in [2.24, 2.45) is 28.9 Å². The van der Waals surface area contributed by atoms with Crippen LogP contribution in [0, 0.1) is 5.92 Å². The fourth-order valence-electron chi connectivity index (χ4n) is 14.8. The molecule has 6 aromatic heterocycles. The van der Waals surface area contributed by atoms with Gasteiger partial charge in [0.15, 0.2) is 0 Å². The van der Waals surface area contributed by atoms with E-state index in [0.29, 0.717) is 27.7 Å². The molecule has 51 heteroatoms. The highest BCUT2D eigenvalue weighted by Gasteiger charge is 2.42. The van der Waals surface area contributed by atoms with Crippen molar-refractivity contribution in [2.75, 3.05) is 0 Å². The summed E-state index contributed by atoms with van der Waals surface area (Å²) in [5, 5.41) is 79.3. The van der Waals surface area contributed by atoms with Crippen molar-refractivity contribution in [2.45, 2.75) is 227 Å². The standard InChI is InChI=1S/C90H117N29O22/c1-44(2)23-61(79(129)114-69(32-73(94)125)86(136)117-70(90(140)141)26-50-33-100-58-14-10-9-13-57(50)58)109-82(132)65(28-52-35-96-40-102-52)112-84(134)68(31-55-38-99-43-105-55)116-89(139)75(47(5)121)119-87(137)63(24-48-11-7-6-8-12-48)111-80(130)62(25-49-15-17-56(122)18-16-49)110-83(133)66(29-53-36-97-41-103-53)113-85(135)67(30-54-37-98-42-104-54)115-88(138)74(46(4)120)118-78(128)60(20-22-72(93)124)106-77(127)59(19-21-71(92)123)107-81(131)64(108-76(126)45(3)91)27-51-34-95-39-101-51/h6-18,33-47,59-70,74-75,100,120-122H,19-32,91H2,1-5H3,(H2,92,123)(H2,93,124)(H2,94,125)(H,95,101)(H,96,102)(H,97,103)(H,98,104)(H,99,105)(H,106,127)(H,107,131)(H,108,126)(H,109,132)(H,110,133)(H,111,130)(H,112,134)(H,113,135)(H,114,129)(H,115,138)(H,116,139)(H,117,136)(H,118,128)(H,119,137)(H,140,141)/t45-,46+,47+,59-,60-,61-,62-,63-,64-,65-,66-,67-,68-,69-,70-,74-,75-/m0/s1. The molecule has 6 heterocycles. The summed E-state index contributed by atoms with van der Waals surface area (Å²) >= 11 is 0. The number of nitrogens with one attached hydrogen (secondary N) is 20. The maximum Gasteiger partial charge on any atom is 0.326 e. The average molecular weight is 1960 g/mol. The summed E-state index contributed by atoms with van der Waals surface area (Å²) in [6.45, 7) is 6.93. The number of benzene rings is 3. The second-order valence-corrected chi connectivity index (χ2v) is 34.2. The van der Waals surface area contributed by atoms with Crippen molar-refractivity contribution >= 4 is 117 Å². The number of carbonyl (C=O) groups excluding carboxylic acids is 17. The van der Waals surface area contributed by atoms with Gasteiger partial charge in [0.2, 0.25) is 100 Å². The molecule has 0 spiro atoms. The molecule has 0 saturated heterocycles. The second-order valence-electron chi connectivity index (χ2n) is 34.2. The van der Waals surface area contributed by atoms with E-state index in [1.54, 1.807) is 74.6 Å². The number of phenolic OH excluding ortho intramolecular Hbond substituents is 1. The molecule has 0 unspecified atom stereocenters. The number of nitrogens with two attached hydrogens (primary N) is 4. The predicted octanol–water partition coefficient (Wildman–Crippen LogP) is -6.84. The number of aliphatic carboxylic acids is 1. The quantitative estimate of drug-likeness (QED) is 0.0168. The van der Waals surface area contributed by atoms with Crippen LogP contribution in [0.3, 0.4) is 0 Å². The molecule has 17 amide bonds. The largest absolute Gasteiger partial charge is 0.508 e. The number of aromatic hydroxyl groups is 1. The number of amides is 17. The van der Waals surface area contributed by atoms with E-state index in [0.717, 1.165) is 13.8 Å². The Kier molecular flexibility index (Phi) is 40.3. The zero-order valence-electron chi connectivity index (χ0n) is 77.3. The van der Waals surface area contributed by atoms with Crippen LogP contribution in [0.4, 0.5) is 0 Å². The van der Waals surface area contributed by atoms with E-state index in [-0.39, 0.29) is 72.1 Å². The highest BCUT2D eigenvalue weighted by molar-refractivity contribution is 6.02. The molecule has 17 atom stereocenters. The molecule has 3 aromatic carbocycles. The lowest BCUT2D eigenvalue weighted by Gasteiger charge is -2.29. The third kappa shape index (κ3) is 34.3. The van der Waals surface area contributed by atoms with E-state index in [2.05, 4.69) is 129 Å². The lowest BCUT2D eigenvalue weighted by molar-refractivity contribution is -0.142. The van der Waals surface area contributed by atoms with Gasteiger partial charge in [-0.05, 0) is 80.8 Å². The number of imidazole rings is 5. The number of aromatic nitrogens is 11. The van der Waals surface area contributed by atoms with Gasteiger partial charge in [-0.25, -0.2) is 29.7 Å². The Hall–Kier alpha value is -16.6. The minimum absolute atomic E-state index is 0.135. The number of fused-ring (bicyclic) bond motifs is 1. The van der Waals surface area contributed by atoms with Gasteiger partial charge in [-0.15, -0.1) is 0 Å². The highest BCUT2D eigenvalue weighted by Crippen LogP contribution is 2.22. The van der Waals surface area contributed by atoms with Gasteiger partial charge in [0, 0.05) is 141 Å². The Morgan fingerprint density at radius 2 is 0.631 bits per heavy atom. The number of carboxylic acid groups (broad SMARTS) is 1. The molecule has 754 valence electrons. The molecule has 0 radical (unpaired) electrons. The van der Waals surface area contributed by atoms with Crippen LogP contribution in [0.5, 0.6) is 5.75 Å². The van der Waals surface area contributed by atoms with Crippen LogP contribution in [0.25, 0.3) is 10.9 Å². The van der Waals surface area contributed by atoms with Crippen molar-refractivity contribution in [1.82, 2.24) is 129 Å². The number of primary amides is 3. The van der Waals surface area contributed by atoms with Gasteiger partial charge in [0.25, 0.3) is 0 Å². The zero-order valence-corrected chi connectivity index (χ0v) is 77.3. The average Bonchev–Trinajstić information content (AvgIpc) is 1.69. The molecule has 0 bridgehead atoms. The number of rotatable bonds is 57. The van der Waals surface area contributed by atoms with Crippen LogP contribution >= 0.6 is 0 Å². The van der Waals surface area contributed by atoms with Crippen LogP contribution in [-0.2, 0) is 138 Å². The lowest BCUT2D eigenvalue weighted by atomic mass is 10.0. The third-order valence-electron chi connectivity index (χ3n) is 22.2. The van der Waals surface area contributed by atoms with Crippen LogP contribution in [0.2, 0.25) is 0 Å². The number of carbonyl (C=O) groups is 18. The summed E-state index contributed by atoms with van der Waals surface area (Å²) in [6.07, 6.45) is 4.66. The summed E-state index contributed by atoms with van der Waals surface area (Å²) in [5.74, 6) is -20.4. The van der Waals surface area contributed by atoms with Crippen LogP contribution in [-0.4, -0.2) is 284 Å². The Labute approximate surface area is 804 Å². The number of aliphatic hydroxyl groups is 2. The van der Waals surface area contributed by atoms with E-state index in [1.807, 2.05) is 0 Å². The molecule has 0 fully saturated rings. The Bertz CT molecular complexity index is 5740. The number of hydrogen-bond donors (Lipinski definition) is 28. The molecule has 9 rings (SSSR count). The highest BCUT2D eigenvalue weighted by atomic mass is 16.4. The normalized spacial score (nSPS) is 14.9. The van der Waals surface area contributed by atoms with Gasteiger partial charge in [0.05, 0.1) is 56.3 Å². The van der Waals surface area contributed by atoms with Crippen molar-refractivity contribution in [1.29, 1.82) is 0 Å². The minimum Gasteiger partial charge on any atom is -0.508 e. The number of aliphatic hydroxyl groups excluding tert-OH is 2. The zero-order chi connectivity index (χ0) is 103. The van der Waals surface area contributed by atoms with Gasteiger partial charge in [-0.3, -0.25) is 81.5 Å². The Morgan fingerprint density at radius 1 is 0.326 bits per heavy atom. The molecule has 141 heavy (non-hydrogen) atoms. The third-order valence-corrected chi connectivity index (χ3v) is 22.2. The SMILES string of the molecule is CC(C)C[C@H](NC(=O)[C@H](Cc1cnc[nH]1)NC(=O)[C@H](Cc1cnc[nH]1)NC(=O)[C@@H](NC(=O)[C@H](Cc1ccccc1)NC(=O)[C@H](Cc1ccc(O)cc1)NC(=O)[C@H](Cc1cnc[nH]1)NC(=O)[C@H](Cc1cnc[nH]1)NC(=O)[C@@H](NC(=O)[C@H](CCC(N)=O)NC(=O)[C@H](CCC(N)=O)NC(=O)[C@H](Cc1cnc[nH]1)NC(=O)[C@H](C)N)[C@@H](C)O)[C@@H](C)O)C(=O)N[C@@H](CC(N)=O)C(=O)N[C@@H](Cc1c[nH]c2ccccc12)C(=O)O. The molecule has 32 N–H and O–H groups in total. The van der Waals surface area contributed by atoms with E-state index >= 15 is 24.0 Å². The number of H-pyrrole nitrogens is 6. The predicted molar refractivity (Wildman–Crippen MR) is 497 cm³/mol. The summed E-state index contributed by atoms with van der Waals surface area (Å²) in [7, 11) is 0. The first-order valence-electron chi connectivity index (χ1n) is 44.8. The summed E-state index contributed by atoms with van der Waals surface area (Å²) in [5.41, 5.74) is 25.4. The van der Waals surface area contributed by atoms with Crippen molar-refractivity contribution < 1.29 is 107 Å². The first-order valence-corrected chi connectivity index (χ1v) is 44.8. The molecule has 0 saturated carbocycles.